The Morgan fingerprint density at radius 3 is 1.93 bits per heavy atom. The summed E-state index contributed by atoms with van der Waals surface area (Å²) in [4.78, 5) is 2.63. The third-order valence-electron chi connectivity index (χ3n) is 15.8. The smallest absolute Gasteiger partial charge is 0.0543 e. The lowest BCUT2D eigenvalue weighted by Crippen LogP contribution is -2.41. The highest BCUT2D eigenvalue weighted by atomic mass is 15.1. The van der Waals surface area contributed by atoms with Crippen LogP contribution in [0.4, 0.5) is 17.1 Å². The SMILES string of the molecule is C=C1CC(CC)CC(CC)C12c1ccccc1-c1c(N(c3ccc4c(c3)-c3ccccc3C43CCCCC3)c3ccc4c(c3)C(C)(C)c3ccccc3-4)cccc12. The van der Waals surface area contributed by atoms with Crippen molar-refractivity contribution in [1.82, 2.24) is 0 Å². The van der Waals surface area contributed by atoms with Gasteiger partial charge in [0.2, 0.25) is 0 Å². The third-order valence-corrected chi connectivity index (χ3v) is 15.8. The predicted molar refractivity (Wildman–Crippen MR) is 240 cm³/mol. The zero-order chi connectivity index (χ0) is 38.7. The van der Waals surface area contributed by atoms with E-state index in [0.717, 1.165) is 12.8 Å². The van der Waals surface area contributed by atoms with Crippen molar-refractivity contribution in [3.8, 4) is 33.4 Å². The van der Waals surface area contributed by atoms with Crippen molar-refractivity contribution in [2.24, 2.45) is 11.8 Å². The molecule has 0 bridgehead atoms. The van der Waals surface area contributed by atoms with Crippen LogP contribution in [0.1, 0.15) is 119 Å². The molecule has 0 N–H and O–H groups in total. The van der Waals surface area contributed by atoms with Gasteiger partial charge in [0.15, 0.2) is 0 Å². The minimum absolute atomic E-state index is 0.100. The monoisotopic (exact) mass is 741 g/mol. The van der Waals surface area contributed by atoms with Crippen molar-refractivity contribution in [1.29, 1.82) is 0 Å². The van der Waals surface area contributed by atoms with E-state index in [2.05, 4.69) is 160 Å². The number of anilines is 3. The van der Waals surface area contributed by atoms with Crippen molar-refractivity contribution < 1.29 is 0 Å². The molecule has 2 spiro atoms. The molecule has 0 aliphatic heterocycles. The van der Waals surface area contributed by atoms with Crippen molar-refractivity contribution in [2.75, 3.05) is 4.90 Å². The van der Waals surface area contributed by atoms with E-state index in [1.54, 1.807) is 5.56 Å². The summed E-state index contributed by atoms with van der Waals surface area (Å²) in [6.45, 7) is 14.6. The second-order valence-corrected chi connectivity index (χ2v) is 18.6. The number of nitrogens with zero attached hydrogens (tertiary/aromatic N) is 1. The van der Waals surface area contributed by atoms with Gasteiger partial charge >= 0.3 is 0 Å². The average Bonchev–Trinajstić information content (AvgIpc) is 3.79. The molecule has 0 amide bonds. The van der Waals surface area contributed by atoms with Gasteiger partial charge in [0.1, 0.15) is 0 Å². The molecular weight excluding hydrogens is 687 g/mol. The van der Waals surface area contributed by atoms with Gasteiger partial charge < -0.3 is 4.90 Å². The van der Waals surface area contributed by atoms with E-state index in [9.17, 15) is 0 Å². The largest absolute Gasteiger partial charge is 0.310 e. The molecular formula is C56H55N. The Morgan fingerprint density at radius 1 is 0.561 bits per heavy atom. The van der Waals surface area contributed by atoms with Gasteiger partial charge in [0, 0.05) is 33.2 Å². The first-order valence-corrected chi connectivity index (χ1v) is 22.0. The fourth-order valence-electron chi connectivity index (χ4n) is 13.1. The quantitative estimate of drug-likeness (QED) is 0.159. The molecule has 0 saturated heterocycles. The van der Waals surface area contributed by atoms with E-state index in [1.165, 1.54) is 129 Å². The molecule has 0 heterocycles. The Bertz CT molecular complexity index is 2610. The third kappa shape index (κ3) is 4.63. The van der Waals surface area contributed by atoms with Crippen molar-refractivity contribution in [3.05, 3.63) is 173 Å². The predicted octanol–water partition coefficient (Wildman–Crippen LogP) is 15.4. The topological polar surface area (TPSA) is 3.24 Å². The van der Waals surface area contributed by atoms with Crippen LogP contribution in [0.15, 0.2) is 140 Å². The number of fused-ring (bicyclic) bond motifs is 13. The highest BCUT2D eigenvalue weighted by Gasteiger charge is 2.53. The van der Waals surface area contributed by atoms with Crippen LogP contribution in [0.2, 0.25) is 0 Å². The van der Waals surface area contributed by atoms with Gasteiger partial charge in [0.25, 0.3) is 0 Å². The lowest BCUT2D eigenvalue weighted by atomic mass is 9.55. The maximum atomic E-state index is 5.00. The highest BCUT2D eigenvalue weighted by molar-refractivity contribution is 5.98. The minimum atomic E-state index is -0.181. The summed E-state index contributed by atoms with van der Waals surface area (Å²) in [7, 11) is 0. The Hall–Kier alpha value is -5.14. The number of allylic oxidation sites excluding steroid dienone is 1. The molecule has 6 aromatic rings. The van der Waals surface area contributed by atoms with E-state index >= 15 is 0 Å². The molecule has 2 fully saturated rings. The zero-order valence-electron chi connectivity index (χ0n) is 34.3. The van der Waals surface area contributed by atoms with Crippen LogP contribution in [0.5, 0.6) is 0 Å². The summed E-state index contributed by atoms with van der Waals surface area (Å²) >= 11 is 0. The van der Waals surface area contributed by atoms with Crippen molar-refractivity contribution >= 4 is 17.1 Å². The summed E-state index contributed by atoms with van der Waals surface area (Å²) in [5.74, 6) is 1.21. The molecule has 2 saturated carbocycles. The molecule has 1 heteroatoms. The molecule has 1 nitrogen and oxygen atoms in total. The van der Waals surface area contributed by atoms with Crippen LogP contribution in [0.3, 0.4) is 0 Å². The minimum Gasteiger partial charge on any atom is -0.310 e. The first-order chi connectivity index (χ1) is 27.8. The second kappa shape index (κ2) is 12.7. The van der Waals surface area contributed by atoms with E-state index in [1.807, 2.05) is 0 Å². The molecule has 0 radical (unpaired) electrons. The van der Waals surface area contributed by atoms with Gasteiger partial charge in [-0.15, -0.1) is 0 Å². The number of rotatable bonds is 5. The first kappa shape index (κ1) is 35.1. The molecule has 3 unspecified atom stereocenters. The molecule has 11 rings (SSSR count). The fraction of sp³-hybridized carbons (Fsp3) is 0.321. The molecule has 5 aliphatic carbocycles. The van der Waals surface area contributed by atoms with E-state index in [-0.39, 0.29) is 16.2 Å². The Kier molecular flexibility index (Phi) is 7.80. The molecule has 5 aliphatic rings. The zero-order valence-corrected chi connectivity index (χ0v) is 34.3. The summed E-state index contributed by atoms with van der Waals surface area (Å²) in [6.07, 6.45) is 11.1. The maximum absolute atomic E-state index is 5.00. The number of hydrogen-bond donors (Lipinski definition) is 0. The van der Waals surface area contributed by atoms with Crippen LogP contribution in [0, 0.1) is 11.8 Å². The maximum Gasteiger partial charge on any atom is 0.0543 e. The fourth-order valence-corrected chi connectivity index (χ4v) is 13.1. The lowest BCUT2D eigenvalue weighted by molar-refractivity contribution is 0.224. The molecule has 284 valence electrons. The summed E-state index contributed by atoms with van der Waals surface area (Å²) in [5, 5.41) is 0. The molecule has 3 atom stereocenters. The Balaban J connectivity index is 1.17. The van der Waals surface area contributed by atoms with E-state index in [0.29, 0.717) is 11.8 Å². The molecule has 0 aromatic heterocycles. The second-order valence-electron chi connectivity index (χ2n) is 18.6. The Morgan fingerprint density at radius 2 is 1.18 bits per heavy atom. The number of benzene rings is 6. The van der Waals surface area contributed by atoms with Crippen LogP contribution in [0.25, 0.3) is 33.4 Å². The molecule has 57 heavy (non-hydrogen) atoms. The van der Waals surface area contributed by atoms with Gasteiger partial charge in [0.05, 0.1) is 5.69 Å². The highest BCUT2D eigenvalue weighted by Crippen LogP contribution is 2.65. The van der Waals surface area contributed by atoms with E-state index < -0.39 is 0 Å². The summed E-state index contributed by atoms with van der Waals surface area (Å²) in [5.41, 5.74) is 22.1. The van der Waals surface area contributed by atoms with Gasteiger partial charge in [-0.05, 0) is 129 Å². The van der Waals surface area contributed by atoms with Gasteiger partial charge in [-0.2, -0.15) is 0 Å². The van der Waals surface area contributed by atoms with Gasteiger partial charge in [-0.3, -0.25) is 0 Å². The van der Waals surface area contributed by atoms with Crippen molar-refractivity contribution in [2.45, 2.75) is 102 Å². The Labute approximate surface area is 340 Å². The van der Waals surface area contributed by atoms with Gasteiger partial charge in [-0.1, -0.05) is 169 Å². The van der Waals surface area contributed by atoms with Crippen LogP contribution >= 0.6 is 0 Å². The van der Waals surface area contributed by atoms with Crippen LogP contribution in [-0.2, 0) is 16.2 Å². The molecule has 6 aromatic carbocycles. The van der Waals surface area contributed by atoms with Gasteiger partial charge in [-0.25, -0.2) is 0 Å². The lowest BCUT2D eigenvalue weighted by Gasteiger charge is -2.47. The summed E-state index contributed by atoms with van der Waals surface area (Å²) < 4.78 is 0. The van der Waals surface area contributed by atoms with Crippen LogP contribution in [-0.4, -0.2) is 0 Å². The number of hydrogen-bond acceptors (Lipinski definition) is 1. The van der Waals surface area contributed by atoms with Crippen LogP contribution < -0.4 is 4.90 Å². The average molecular weight is 742 g/mol. The standard InChI is InChI=1S/C56H55N/c1-6-37-32-36(3)56(38(7-2)33-37)49-23-14-11-20-44(49)53-50(56)24-17-25-52(53)57(40-26-28-43-41-18-9-12-21-46(41)54(4,5)51(43)35-40)39-27-29-48-45(34-39)42-19-10-13-22-47(42)55(48)30-15-8-16-31-55/h9-14,17-29,34-35,37-38H,3,6-8,15-16,30-33H2,1-2,4-5H3. The normalized spacial score (nSPS) is 22.8. The summed E-state index contributed by atoms with van der Waals surface area (Å²) in [6, 6.07) is 49.9. The van der Waals surface area contributed by atoms with Crippen molar-refractivity contribution in [3.63, 3.8) is 0 Å². The van der Waals surface area contributed by atoms with E-state index in [4.69, 9.17) is 6.58 Å². The first-order valence-electron chi connectivity index (χ1n) is 22.0.